The zero-order valence-corrected chi connectivity index (χ0v) is 12.0. The Labute approximate surface area is 120 Å². The van der Waals surface area contributed by atoms with Crippen LogP contribution in [-0.4, -0.2) is 53.8 Å². The molecule has 0 saturated heterocycles. The Kier molecular flexibility index (Phi) is 5.73. The summed E-state index contributed by atoms with van der Waals surface area (Å²) in [7, 11) is 1.58. The molecule has 108 valence electrons. The molecule has 0 bridgehead atoms. The van der Waals surface area contributed by atoms with Gasteiger partial charge in [0.2, 0.25) is 0 Å². The number of ether oxygens (including phenoxy) is 1. The average molecular weight is 297 g/mol. The minimum Gasteiger partial charge on any atom is -0.461 e. The monoisotopic (exact) mass is 297 g/mol. The summed E-state index contributed by atoms with van der Waals surface area (Å²) in [5, 5.41) is 8.38. The van der Waals surface area contributed by atoms with Crippen LogP contribution in [0.1, 0.15) is 6.92 Å². The van der Waals surface area contributed by atoms with Crippen molar-refractivity contribution in [3.05, 3.63) is 11.3 Å². The first-order valence-corrected chi connectivity index (χ1v) is 6.82. The Morgan fingerprint density at radius 3 is 2.85 bits per heavy atom. The highest BCUT2D eigenvalue weighted by atomic mass is 32.2. The molecule has 1 aliphatic rings. The molecule has 8 heteroatoms. The molecule has 1 rings (SSSR count). The number of rotatable bonds is 5. The van der Waals surface area contributed by atoms with Crippen LogP contribution in [0, 0.1) is 11.3 Å². The van der Waals surface area contributed by atoms with E-state index in [0.29, 0.717) is 17.6 Å². The highest BCUT2D eigenvalue weighted by Crippen LogP contribution is 2.31. The predicted octanol–water partition coefficient (Wildman–Crippen LogP) is -0.573. The Balaban J connectivity index is 3.08. The van der Waals surface area contributed by atoms with Gasteiger partial charge in [-0.25, -0.2) is 0 Å². The molecule has 2 N–H and O–H groups in total. The smallest absolute Gasteiger partial charge is 0.302 e. The van der Waals surface area contributed by atoms with E-state index in [1.165, 1.54) is 23.6 Å². The third-order valence-electron chi connectivity index (χ3n) is 2.75. The quantitative estimate of drug-likeness (QED) is 0.407. The molecule has 0 saturated carbocycles. The van der Waals surface area contributed by atoms with Gasteiger partial charge < -0.3 is 20.2 Å². The number of Topliss-reactive ketones (excluding diaryl/α,β-unsaturated/α-hetero) is 1. The van der Waals surface area contributed by atoms with Gasteiger partial charge in [0.25, 0.3) is 5.78 Å². The van der Waals surface area contributed by atoms with Crippen LogP contribution in [0.25, 0.3) is 0 Å². The standard InChI is InChI=1S/C12H15N3O4S/c1-7(17)19-5-8-6-20-12(9(14)4-16)15(2)11(8)10(18)3-13/h4,9,12H,5-6,14H2,1-2H3. The summed E-state index contributed by atoms with van der Waals surface area (Å²) >= 11 is 1.35. The van der Waals surface area contributed by atoms with Crippen molar-refractivity contribution in [1.29, 1.82) is 5.26 Å². The minimum absolute atomic E-state index is 0.0571. The Bertz CT molecular complexity index is 497. The van der Waals surface area contributed by atoms with Gasteiger partial charge in [0.05, 0.1) is 11.4 Å². The van der Waals surface area contributed by atoms with Gasteiger partial charge >= 0.3 is 5.97 Å². The van der Waals surface area contributed by atoms with Gasteiger partial charge in [0.15, 0.2) is 0 Å². The molecule has 0 fully saturated rings. The lowest BCUT2D eigenvalue weighted by molar-refractivity contribution is -0.140. The van der Waals surface area contributed by atoms with Gasteiger partial charge in [0, 0.05) is 25.3 Å². The number of nitrogens with two attached hydrogens (primary N) is 1. The molecule has 7 nitrogen and oxygen atoms in total. The molecule has 0 aromatic carbocycles. The van der Waals surface area contributed by atoms with Crippen molar-refractivity contribution in [3.8, 4) is 6.07 Å². The number of esters is 1. The second-order valence-electron chi connectivity index (χ2n) is 4.20. The Hall–Kier alpha value is -1.85. The van der Waals surface area contributed by atoms with Crippen molar-refractivity contribution in [2.75, 3.05) is 19.4 Å². The summed E-state index contributed by atoms with van der Waals surface area (Å²) in [4.78, 5) is 34.9. The highest BCUT2D eigenvalue weighted by Gasteiger charge is 2.33. The van der Waals surface area contributed by atoms with E-state index >= 15 is 0 Å². The first kappa shape index (κ1) is 16.2. The SMILES string of the molecule is CC(=O)OCC1=C(C(=O)C#N)N(C)C(C(N)C=O)SC1. The lowest BCUT2D eigenvalue weighted by Gasteiger charge is -2.37. The zero-order valence-electron chi connectivity index (χ0n) is 11.2. The highest BCUT2D eigenvalue weighted by molar-refractivity contribution is 8.00. The number of aldehydes is 1. The molecule has 0 aromatic rings. The zero-order chi connectivity index (χ0) is 15.3. The van der Waals surface area contributed by atoms with Crippen molar-refractivity contribution in [2.24, 2.45) is 5.73 Å². The maximum atomic E-state index is 11.7. The number of allylic oxidation sites excluding steroid dienone is 1. The van der Waals surface area contributed by atoms with Crippen molar-refractivity contribution in [3.63, 3.8) is 0 Å². The lowest BCUT2D eigenvalue weighted by Crippen LogP contribution is -2.48. The number of hydrogen-bond donors (Lipinski definition) is 1. The molecule has 1 heterocycles. The number of carbonyl (C=O) groups is 3. The van der Waals surface area contributed by atoms with E-state index in [0.717, 1.165) is 0 Å². The third kappa shape index (κ3) is 3.59. The van der Waals surface area contributed by atoms with Gasteiger partial charge in [-0.2, -0.15) is 5.26 Å². The number of nitrogens with zero attached hydrogens (tertiary/aromatic N) is 2. The normalized spacial score (nSPS) is 20.1. The maximum absolute atomic E-state index is 11.7. The molecular formula is C12H15N3O4S. The van der Waals surface area contributed by atoms with Crippen molar-refractivity contribution in [2.45, 2.75) is 18.3 Å². The molecule has 1 aliphatic heterocycles. The summed E-state index contributed by atoms with van der Waals surface area (Å²) in [5.74, 6) is -0.842. The number of hydrogen-bond acceptors (Lipinski definition) is 8. The number of thioether (sulfide) groups is 1. The largest absolute Gasteiger partial charge is 0.461 e. The fourth-order valence-electron chi connectivity index (χ4n) is 1.85. The molecule has 0 amide bonds. The molecular weight excluding hydrogens is 282 g/mol. The van der Waals surface area contributed by atoms with E-state index in [9.17, 15) is 14.4 Å². The van der Waals surface area contributed by atoms with E-state index in [1.807, 2.05) is 0 Å². The van der Waals surface area contributed by atoms with Crippen LogP contribution in [0.5, 0.6) is 0 Å². The van der Waals surface area contributed by atoms with Crippen LogP contribution >= 0.6 is 11.8 Å². The number of likely N-dealkylation sites (N-methyl/N-ethyl adjacent to an activating group) is 1. The lowest BCUT2D eigenvalue weighted by atomic mass is 10.1. The first-order chi connectivity index (χ1) is 9.42. The van der Waals surface area contributed by atoms with Crippen molar-refractivity contribution < 1.29 is 19.1 Å². The Morgan fingerprint density at radius 1 is 1.70 bits per heavy atom. The predicted molar refractivity (Wildman–Crippen MR) is 72.3 cm³/mol. The summed E-state index contributed by atoms with van der Waals surface area (Å²) < 4.78 is 4.88. The van der Waals surface area contributed by atoms with Crippen LogP contribution in [-0.2, 0) is 19.1 Å². The van der Waals surface area contributed by atoms with Crippen LogP contribution in [0.3, 0.4) is 0 Å². The summed E-state index contributed by atoms with van der Waals surface area (Å²) in [6.07, 6.45) is 0.597. The summed E-state index contributed by atoms with van der Waals surface area (Å²) in [6, 6.07) is 0.767. The maximum Gasteiger partial charge on any atom is 0.302 e. The second kappa shape index (κ2) is 7.07. The average Bonchev–Trinajstić information content (AvgIpc) is 2.43. The van der Waals surface area contributed by atoms with Crippen LogP contribution in [0.2, 0.25) is 0 Å². The van der Waals surface area contributed by atoms with Crippen LogP contribution in [0.4, 0.5) is 0 Å². The van der Waals surface area contributed by atoms with Gasteiger partial charge in [-0.3, -0.25) is 9.59 Å². The van der Waals surface area contributed by atoms with Gasteiger partial charge in [-0.15, -0.1) is 11.8 Å². The molecule has 0 spiro atoms. The second-order valence-corrected chi connectivity index (χ2v) is 5.30. The number of ketones is 1. The molecule has 20 heavy (non-hydrogen) atoms. The number of carbonyl (C=O) groups excluding carboxylic acids is 3. The van der Waals surface area contributed by atoms with Gasteiger partial charge in [-0.05, 0) is 0 Å². The molecule has 2 atom stereocenters. The molecule has 0 radical (unpaired) electrons. The van der Waals surface area contributed by atoms with Crippen molar-refractivity contribution >= 4 is 29.8 Å². The Morgan fingerprint density at radius 2 is 2.35 bits per heavy atom. The summed E-state index contributed by atoms with van der Waals surface area (Å²) in [5.41, 5.74) is 6.36. The van der Waals surface area contributed by atoms with E-state index in [4.69, 9.17) is 15.7 Å². The number of nitriles is 1. The minimum atomic E-state index is -0.776. The van der Waals surface area contributed by atoms with Crippen molar-refractivity contribution in [1.82, 2.24) is 4.90 Å². The molecule has 2 unspecified atom stereocenters. The fourth-order valence-corrected chi connectivity index (χ4v) is 3.06. The third-order valence-corrected chi connectivity index (χ3v) is 4.24. The van der Waals surface area contributed by atoms with Gasteiger partial charge in [0.1, 0.15) is 24.7 Å². The summed E-state index contributed by atoms with van der Waals surface area (Å²) in [6.45, 7) is 1.20. The van der Waals surface area contributed by atoms with E-state index in [1.54, 1.807) is 13.1 Å². The van der Waals surface area contributed by atoms with Gasteiger partial charge in [-0.1, -0.05) is 0 Å². The van der Waals surface area contributed by atoms with E-state index in [2.05, 4.69) is 0 Å². The first-order valence-electron chi connectivity index (χ1n) is 5.77. The van der Waals surface area contributed by atoms with E-state index in [-0.39, 0.29) is 12.3 Å². The topological polar surface area (TPSA) is 113 Å². The molecule has 0 aliphatic carbocycles. The van der Waals surface area contributed by atoms with Crippen LogP contribution in [0.15, 0.2) is 11.3 Å². The fraction of sp³-hybridized carbons (Fsp3) is 0.500. The van der Waals surface area contributed by atoms with Crippen LogP contribution < -0.4 is 5.73 Å². The molecule has 0 aromatic heterocycles. The van der Waals surface area contributed by atoms with E-state index < -0.39 is 23.2 Å².